The second-order valence-corrected chi connectivity index (χ2v) is 13.5. The monoisotopic (exact) mass is 622 g/mol. The second kappa shape index (κ2) is 24.0. The lowest BCUT2D eigenvalue weighted by Crippen LogP contribution is -2.31. The summed E-state index contributed by atoms with van der Waals surface area (Å²) in [7, 11) is 0. The Morgan fingerprint density at radius 1 is 0.705 bits per heavy atom. The van der Waals surface area contributed by atoms with Gasteiger partial charge in [0.05, 0.1) is 36.6 Å². The summed E-state index contributed by atoms with van der Waals surface area (Å²) in [5.41, 5.74) is 0.574. The minimum Gasteiger partial charge on any atom is -0.455 e. The molecular formula is C37H66O7. The minimum atomic E-state index is -0.533. The molecule has 0 aliphatic carbocycles. The molecule has 0 amide bonds. The molecule has 4 N–H and O–H groups in total. The third kappa shape index (κ3) is 17.4. The maximum Gasteiger partial charge on any atom is 0.334 e. The van der Waals surface area contributed by atoms with Gasteiger partial charge in [0.1, 0.15) is 6.10 Å². The van der Waals surface area contributed by atoms with E-state index in [0.29, 0.717) is 31.3 Å². The van der Waals surface area contributed by atoms with Crippen LogP contribution in [-0.2, 0) is 14.3 Å². The molecule has 7 atom stereocenters. The average molecular weight is 623 g/mol. The number of esters is 1. The zero-order valence-corrected chi connectivity index (χ0v) is 28.1. The van der Waals surface area contributed by atoms with Gasteiger partial charge in [0.2, 0.25) is 0 Å². The van der Waals surface area contributed by atoms with E-state index >= 15 is 0 Å². The van der Waals surface area contributed by atoms with Crippen LogP contribution in [0.1, 0.15) is 162 Å². The first-order chi connectivity index (χ1) is 21.3. The van der Waals surface area contributed by atoms with Crippen molar-refractivity contribution >= 4 is 5.97 Å². The van der Waals surface area contributed by atoms with Crippen molar-refractivity contribution in [2.75, 3.05) is 0 Å². The van der Waals surface area contributed by atoms with Crippen molar-refractivity contribution < 1.29 is 34.7 Å². The lowest BCUT2D eigenvalue weighted by molar-refractivity contribution is -0.139. The molecule has 1 saturated heterocycles. The fourth-order valence-electron chi connectivity index (χ4n) is 6.48. The van der Waals surface area contributed by atoms with Crippen LogP contribution < -0.4 is 0 Å². The number of allylic oxidation sites excluding steroid dienone is 2. The van der Waals surface area contributed by atoms with Crippen LogP contribution >= 0.6 is 0 Å². The fourth-order valence-corrected chi connectivity index (χ4v) is 6.48. The van der Waals surface area contributed by atoms with Gasteiger partial charge in [0.15, 0.2) is 0 Å². The number of cyclic esters (lactones) is 1. The van der Waals surface area contributed by atoms with Gasteiger partial charge in [0, 0.05) is 12.0 Å². The van der Waals surface area contributed by atoms with Crippen molar-refractivity contribution in [1.29, 1.82) is 0 Å². The molecule has 2 rings (SSSR count). The Hall–Kier alpha value is -1.25. The highest BCUT2D eigenvalue weighted by atomic mass is 16.5. The van der Waals surface area contributed by atoms with Crippen molar-refractivity contribution in [3.63, 3.8) is 0 Å². The van der Waals surface area contributed by atoms with Gasteiger partial charge in [-0.1, -0.05) is 96.1 Å². The van der Waals surface area contributed by atoms with Crippen molar-refractivity contribution in [2.24, 2.45) is 0 Å². The number of hydrogen-bond donors (Lipinski definition) is 4. The first-order valence-electron chi connectivity index (χ1n) is 18.2. The summed E-state index contributed by atoms with van der Waals surface area (Å²) in [4.78, 5) is 11.7. The van der Waals surface area contributed by atoms with Crippen molar-refractivity contribution in [2.45, 2.75) is 204 Å². The van der Waals surface area contributed by atoms with Crippen LogP contribution in [0.3, 0.4) is 0 Å². The standard InChI is InChI=1S/C37H66O7/c1-3-4-5-6-7-8-9-10-11-12-13-17-23-33(40)35-25-26-36(44-35)34(41)24-19-18-21-31(38)20-15-14-16-22-32(39)28-30-27-29(2)43-37(30)42/h12-13,27,29,31-36,38-41H,3-11,14-26,28H2,1-2H3/b13-12-/t29?,31?,32?,33-,34-,35-,36-/m1/s1. The van der Waals surface area contributed by atoms with Crippen LogP contribution in [0.4, 0.5) is 0 Å². The Morgan fingerprint density at radius 3 is 1.86 bits per heavy atom. The fraction of sp³-hybridized carbons (Fsp3) is 0.865. The number of carbonyl (C=O) groups is 1. The van der Waals surface area contributed by atoms with Crippen LogP contribution in [0, 0.1) is 0 Å². The topological polar surface area (TPSA) is 116 Å². The summed E-state index contributed by atoms with van der Waals surface area (Å²) in [6.45, 7) is 4.07. The molecule has 0 spiro atoms. The predicted molar refractivity (Wildman–Crippen MR) is 177 cm³/mol. The van der Waals surface area contributed by atoms with E-state index in [1.807, 2.05) is 6.92 Å². The van der Waals surface area contributed by atoms with E-state index in [1.54, 1.807) is 6.08 Å². The van der Waals surface area contributed by atoms with E-state index < -0.39 is 18.3 Å². The van der Waals surface area contributed by atoms with Gasteiger partial charge in [-0.15, -0.1) is 0 Å². The molecule has 0 aromatic rings. The third-order valence-electron chi connectivity index (χ3n) is 9.27. The average Bonchev–Trinajstić information content (AvgIpc) is 3.61. The Kier molecular flexibility index (Phi) is 21.2. The molecule has 3 unspecified atom stereocenters. The zero-order chi connectivity index (χ0) is 32.0. The van der Waals surface area contributed by atoms with E-state index in [-0.39, 0.29) is 30.4 Å². The molecule has 7 nitrogen and oxygen atoms in total. The van der Waals surface area contributed by atoms with Gasteiger partial charge >= 0.3 is 5.97 Å². The zero-order valence-electron chi connectivity index (χ0n) is 28.1. The smallest absolute Gasteiger partial charge is 0.334 e. The van der Waals surface area contributed by atoms with Crippen LogP contribution in [-0.4, -0.2) is 69.1 Å². The number of hydrogen-bond acceptors (Lipinski definition) is 7. The number of ether oxygens (including phenoxy) is 2. The lowest BCUT2D eigenvalue weighted by atomic mass is 9.99. The highest BCUT2D eigenvalue weighted by molar-refractivity contribution is 5.90. The first-order valence-corrected chi connectivity index (χ1v) is 18.2. The van der Waals surface area contributed by atoms with Crippen LogP contribution in [0.5, 0.6) is 0 Å². The molecule has 0 aromatic carbocycles. The van der Waals surface area contributed by atoms with Gasteiger partial charge in [0.25, 0.3) is 0 Å². The summed E-state index contributed by atoms with van der Waals surface area (Å²) in [6, 6.07) is 0. The van der Waals surface area contributed by atoms with Crippen LogP contribution in [0.15, 0.2) is 23.8 Å². The summed E-state index contributed by atoms with van der Waals surface area (Å²) in [5, 5.41) is 41.7. The highest BCUT2D eigenvalue weighted by Gasteiger charge is 2.34. The predicted octanol–water partition coefficient (Wildman–Crippen LogP) is 7.62. The highest BCUT2D eigenvalue weighted by Crippen LogP contribution is 2.28. The molecule has 2 aliphatic rings. The van der Waals surface area contributed by atoms with Gasteiger partial charge in [-0.05, 0) is 77.2 Å². The third-order valence-corrected chi connectivity index (χ3v) is 9.27. The van der Waals surface area contributed by atoms with E-state index in [1.165, 1.54) is 51.4 Å². The Morgan fingerprint density at radius 2 is 1.23 bits per heavy atom. The van der Waals surface area contributed by atoms with Gasteiger partial charge < -0.3 is 29.9 Å². The number of carbonyl (C=O) groups excluding carboxylic acids is 1. The van der Waals surface area contributed by atoms with Crippen molar-refractivity contribution in [1.82, 2.24) is 0 Å². The minimum absolute atomic E-state index is 0.182. The first kappa shape index (κ1) is 38.9. The summed E-state index contributed by atoms with van der Waals surface area (Å²) in [6.07, 6.45) is 26.3. The van der Waals surface area contributed by atoms with E-state index in [0.717, 1.165) is 70.6 Å². The second-order valence-electron chi connectivity index (χ2n) is 13.5. The SMILES string of the molecule is CCCCCCCCCC/C=C\CC[C@@H](O)[C@H]1CC[C@H]([C@H](O)CCCCC(O)CCCCCC(O)CC2=CC(C)OC2=O)O1. The quantitative estimate of drug-likeness (QED) is 0.0423. The van der Waals surface area contributed by atoms with Crippen molar-refractivity contribution in [3.8, 4) is 0 Å². The van der Waals surface area contributed by atoms with Crippen LogP contribution in [0.25, 0.3) is 0 Å². The Balaban J connectivity index is 1.42. The van der Waals surface area contributed by atoms with Gasteiger partial charge in [-0.2, -0.15) is 0 Å². The van der Waals surface area contributed by atoms with E-state index in [4.69, 9.17) is 9.47 Å². The lowest BCUT2D eigenvalue weighted by Gasteiger charge is -2.22. The van der Waals surface area contributed by atoms with Crippen LogP contribution in [0.2, 0.25) is 0 Å². The van der Waals surface area contributed by atoms with Gasteiger partial charge in [-0.25, -0.2) is 4.79 Å². The van der Waals surface area contributed by atoms with E-state index in [9.17, 15) is 25.2 Å². The maximum absolute atomic E-state index is 11.7. The van der Waals surface area contributed by atoms with E-state index in [2.05, 4.69) is 19.1 Å². The molecule has 0 saturated carbocycles. The Labute approximate surface area is 268 Å². The molecule has 256 valence electrons. The molecule has 1 fully saturated rings. The summed E-state index contributed by atoms with van der Waals surface area (Å²) in [5.74, 6) is -0.316. The molecule has 2 aliphatic heterocycles. The normalized spacial score (nSPS) is 23.2. The Bertz CT molecular complexity index is 797. The maximum atomic E-state index is 11.7. The molecule has 2 heterocycles. The van der Waals surface area contributed by atoms with Crippen molar-refractivity contribution in [3.05, 3.63) is 23.8 Å². The summed E-state index contributed by atoms with van der Waals surface area (Å²) < 4.78 is 11.1. The molecule has 44 heavy (non-hydrogen) atoms. The summed E-state index contributed by atoms with van der Waals surface area (Å²) >= 11 is 0. The number of rotatable bonds is 27. The number of aliphatic hydroxyl groups is 4. The molecular weight excluding hydrogens is 556 g/mol. The molecule has 0 aromatic heterocycles. The number of unbranched alkanes of at least 4 members (excludes halogenated alkanes) is 11. The van der Waals surface area contributed by atoms with Gasteiger partial charge in [-0.3, -0.25) is 0 Å². The molecule has 7 heteroatoms. The number of aliphatic hydroxyl groups excluding tert-OH is 4. The largest absolute Gasteiger partial charge is 0.455 e. The molecule has 0 bridgehead atoms. The molecule has 0 radical (unpaired) electrons.